The lowest BCUT2D eigenvalue weighted by Gasteiger charge is -2.18. The zero-order valence-electron chi connectivity index (χ0n) is 10.9. The molecule has 0 aromatic heterocycles. The largest absolute Gasteiger partial charge is 0.478 e. The van der Waals surface area contributed by atoms with Crippen LogP contribution in [-0.4, -0.2) is 35.0 Å². The molecule has 0 aliphatic carbocycles. The standard InChI is InChI=1S/C14H16FNO3/c1-3-16(4-2)14(19)11-7-5-10(9-12(11)15)6-8-13(17)18/h5-9H,3-4H2,1-2H3,(H,17,18). The maximum absolute atomic E-state index is 13.8. The Kier molecular flexibility index (Phi) is 5.23. The molecular formula is C14H16FNO3. The monoisotopic (exact) mass is 265 g/mol. The highest BCUT2D eigenvalue weighted by atomic mass is 19.1. The molecule has 0 spiro atoms. The van der Waals surface area contributed by atoms with E-state index in [0.29, 0.717) is 18.7 Å². The number of hydrogen-bond acceptors (Lipinski definition) is 2. The Morgan fingerprint density at radius 2 is 1.95 bits per heavy atom. The Labute approximate surface area is 111 Å². The lowest BCUT2D eigenvalue weighted by molar-refractivity contribution is -0.131. The van der Waals surface area contributed by atoms with E-state index >= 15 is 0 Å². The van der Waals surface area contributed by atoms with Gasteiger partial charge in [-0.2, -0.15) is 0 Å². The van der Waals surface area contributed by atoms with Crippen LogP contribution in [-0.2, 0) is 4.79 Å². The number of hydrogen-bond donors (Lipinski definition) is 1. The molecule has 0 heterocycles. The first-order valence-electron chi connectivity index (χ1n) is 5.99. The molecule has 0 saturated carbocycles. The first kappa shape index (κ1) is 14.9. The van der Waals surface area contributed by atoms with Crippen LogP contribution in [0.15, 0.2) is 24.3 Å². The van der Waals surface area contributed by atoms with Crippen molar-refractivity contribution in [1.82, 2.24) is 4.90 Å². The zero-order valence-corrected chi connectivity index (χ0v) is 10.9. The molecule has 1 rings (SSSR count). The minimum atomic E-state index is -1.11. The molecule has 1 aromatic rings. The van der Waals surface area contributed by atoms with Gasteiger partial charge < -0.3 is 10.0 Å². The molecule has 0 unspecified atom stereocenters. The van der Waals surface area contributed by atoms with E-state index in [1.165, 1.54) is 23.1 Å². The van der Waals surface area contributed by atoms with Crippen molar-refractivity contribution in [3.05, 3.63) is 41.2 Å². The first-order valence-corrected chi connectivity index (χ1v) is 5.99. The fourth-order valence-electron chi connectivity index (χ4n) is 1.66. The molecular weight excluding hydrogens is 249 g/mol. The van der Waals surface area contributed by atoms with Gasteiger partial charge in [-0.1, -0.05) is 6.07 Å². The van der Waals surface area contributed by atoms with Crippen molar-refractivity contribution >= 4 is 18.0 Å². The van der Waals surface area contributed by atoms with Gasteiger partial charge in [0.15, 0.2) is 0 Å². The summed E-state index contributed by atoms with van der Waals surface area (Å²) in [7, 11) is 0. The number of rotatable bonds is 5. The van der Waals surface area contributed by atoms with Crippen molar-refractivity contribution in [2.75, 3.05) is 13.1 Å². The number of carbonyl (C=O) groups excluding carboxylic acids is 1. The van der Waals surface area contributed by atoms with E-state index in [1.807, 2.05) is 13.8 Å². The normalized spacial score (nSPS) is 10.7. The average Bonchev–Trinajstić information content (AvgIpc) is 2.37. The van der Waals surface area contributed by atoms with E-state index in [2.05, 4.69) is 0 Å². The van der Waals surface area contributed by atoms with Gasteiger partial charge in [-0.25, -0.2) is 9.18 Å². The van der Waals surface area contributed by atoms with Crippen molar-refractivity contribution in [3.8, 4) is 0 Å². The third-order valence-electron chi connectivity index (χ3n) is 2.69. The smallest absolute Gasteiger partial charge is 0.328 e. The van der Waals surface area contributed by atoms with Crippen LogP contribution >= 0.6 is 0 Å². The summed E-state index contributed by atoms with van der Waals surface area (Å²) in [5, 5.41) is 8.48. The van der Waals surface area contributed by atoms with Gasteiger partial charge in [0.1, 0.15) is 5.82 Å². The maximum atomic E-state index is 13.8. The van der Waals surface area contributed by atoms with E-state index in [4.69, 9.17) is 5.11 Å². The highest BCUT2D eigenvalue weighted by molar-refractivity contribution is 5.95. The van der Waals surface area contributed by atoms with Crippen molar-refractivity contribution in [2.45, 2.75) is 13.8 Å². The lowest BCUT2D eigenvalue weighted by Crippen LogP contribution is -2.31. The quantitative estimate of drug-likeness (QED) is 0.832. The first-order chi connectivity index (χ1) is 8.99. The number of nitrogens with zero attached hydrogens (tertiary/aromatic N) is 1. The number of halogens is 1. The Morgan fingerprint density at radius 3 is 2.42 bits per heavy atom. The molecule has 4 nitrogen and oxygen atoms in total. The molecule has 1 aromatic carbocycles. The molecule has 5 heteroatoms. The third kappa shape index (κ3) is 3.91. The van der Waals surface area contributed by atoms with Crippen LogP contribution < -0.4 is 0 Å². The average molecular weight is 265 g/mol. The topological polar surface area (TPSA) is 57.6 Å². The molecule has 0 fully saturated rings. The van der Waals surface area contributed by atoms with Crippen LogP contribution in [0, 0.1) is 5.82 Å². The molecule has 0 aliphatic heterocycles. The summed E-state index contributed by atoms with van der Waals surface area (Å²) in [6.45, 7) is 4.66. The maximum Gasteiger partial charge on any atom is 0.328 e. The second-order valence-corrected chi connectivity index (χ2v) is 3.89. The Bertz CT molecular complexity index is 507. The molecule has 0 atom stereocenters. The van der Waals surface area contributed by atoms with Crippen LogP contribution in [0.2, 0.25) is 0 Å². The van der Waals surface area contributed by atoms with Gasteiger partial charge in [-0.05, 0) is 37.6 Å². The number of carbonyl (C=O) groups is 2. The fourth-order valence-corrected chi connectivity index (χ4v) is 1.66. The number of carboxylic acids is 1. The third-order valence-corrected chi connectivity index (χ3v) is 2.69. The van der Waals surface area contributed by atoms with E-state index in [1.54, 1.807) is 0 Å². The molecule has 1 amide bonds. The van der Waals surface area contributed by atoms with E-state index < -0.39 is 11.8 Å². The Balaban J connectivity index is 3.00. The molecule has 0 bridgehead atoms. The predicted molar refractivity (Wildman–Crippen MR) is 70.3 cm³/mol. The van der Waals surface area contributed by atoms with Gasteiger partial charge in [-0.15, -0.1) is 0 Å². The molecule has 0 saturated heterocycles. The van der Waals surface area contributed by atoms with Crippen LogP contribution in [0.25, 0.3) is 6.08 Å². The van der Waals surface area contributed by atoms with E-state index in [0.717, 1.165) is 12.1 Å². The van der Waals surface area contributed by atoms with Gasteiger partial charge in [0, 0.05) is 19.2 Å². The minimum Gasteiger partial charge on any atom is -0.478 e. The molecule has 0 aliphatic rings. The van der Waals surface area contributed by atoms with Crippen molar-refractivity contribution in [3.63, 3.8) is 0 Å². The fraction of sp³-hybridized carbons (Fsp3) is 0.286. The summed E-state index contributed by atoms with van der Waals surface area (Å²) in [5.41, 5.74) is 0.396. The summed E-state index contributed by atoms with van der Waals surface area (Å²) in [5.74, 6) is -2.12. The summed E-state index contributed by atoms with van der Waals surface area (Å²) >= 11 is 0. The molecule has 19 heavy (non-hydrogen) atoms. The van der Waals surface area contributed by atoms with Crippen LogP contribution in [0.3, 0.4) is 0 Å². The highest BCUT2D eigenvalue weighted by Gasteiger charge is 2.16. The second kappa shape index (κ2) is 6.68. The number of benzene rings is 1. The van der Waals surface area contributed by atoms with Crippen LogP contribution in [0.1, 0.15) is 29.8 Å². The van der Waals surface area contributed by atoms with Gasteiger partial charge in [0.2, 0.25) is 0 Å². The number of carboxylic acid groups (broad SMARTS) is 1. The Hall–Kier alpha value is -2.17. The summed E-state index contributed by atoms with van der Waals surface area (Å²) in [6.07, 6.45) is 2.19. The van der Waals surface area contributed by atoms with E-state index in [9.17, 15) is 14.0 Å². The number of aliphatic carboxylic acids is 1. The molecule has 0 radical (unpaired) electrons. The summed E-state index contributed by atoms with van der Waals surface area (Å²) in [6, 6.07) is 4.03. The molecule has 102 valence electrons. The van der Waals surface area contributed by atoms with Gasteiger partial charge in [0.05, 0.1) is 5.56 Å². The Morgan fingerprint density at radius 1 is 1.32 bits per heavy atom. The summed E-state index contributed by atoms with van der Waals surface area (Å²) in [4.78, 5) is 23.9. The van der Waals surface area contributed by atoms with Crippen molar-refractivity contribution < 1.29 is 19.1 Å². The minimum absolute atomic E-state index is 0.00354. The van der Waals surface area contributed by atoms with Crippen LogP contribution in [0.5, 0.6) is 0 Å². The lowest BCUT2D eigenvalue weighted by atomic mass is 10.1. The van der Waals surface area contributed by atoms with Crippen LogP contribution in [0.4, 0.5) is 4.39 Å². The van der Waals surface area contributed by atoms with Gasteiger partial charge in [-0.3, -0.25) is 4.79 Å². The predicted octanol–water partition coefficient (Wildman–Crippen LogP) is 2.41. The van der Waals surface area contributed by atoms with Crippen molar-refractivity contribution in [2.24, 2.45) is 0 Å². The second-order valence-electron chi connectivity index (χ2n) is 3.89. The van der Waals surface area contributed by atoms with E-state index in [-0.39, 0.29) is 11.5 Å². The summed E-state index contributed by atoms with van der Waals surface area (Å²) < 4.78 is 13.8. The molecule has 1 N–H and O–H groups in total. The number of amides is 1. The highest BCUT2D eigenvalue weighted by Crippen LogP contribution is 2.14. The van der Waals surface area contributed by atoms with Gasteiger partial charge >= 0.3 is 5.97 Å². The SMILES string of the molecule is CCN(CC)C(=O)c1ccc(C=CC(=O)O)cc1F. The van der Waals surface area contributed by atoms with Crippen molar-refractivity contribution in [1.29, 1.82) is 0 Å². The van der Waals surface area contributed by atoms with Gasteiger partial charge in [0.25, 0.3) is 5.91 Å². The zero-order chi connectivity index (χ0) is 14.4.